The Kier molecular flexibility index (Phi) is 3.98. The number of aromatic nitrogens is 1. The van der Waals surface area contributed by atoms with E-state index in [0.717, 1.165) is 27.4 Å². The van der Waals surface area contributed by atoms with Crippen molar-refractivity contribution in [2.75, 3.05) is 0 Å². The molecule has 2 rings (SSSR count). The monoisotopic (exact) mass is 300 g/mol. The van der Waals surface area contributed by atoms with Gasteiger partial charge in [-0.2, -0.15) is 0 Å². The zero-order chi connectivity index (χ0) is 11.4. The number of hydrogen-bond donors (Lipinski definition) is 1. The van der Waals surface area contributed by atoms with Gasteiger partial charge in [-0.25, -0.2) is 0 Å². The first-order valence-electron chi connectivity index (χ1n) is 4.80. The van der Waals surface area contributed by atoms with E-state index in [4.69, 9.17) is 16.1 Å². The fraction of sp³-hybridized carbons (Fsp3) is 0.182. The van der Waals surface area contributed by atoms with Gasteiger partial charge in [0.05, 0.1) is 12.7 Å². The molecule has 0 aliphatic rings. The quantitative estimate of drug-likeness (QED) is 0.941. The largest absolute Gasteiger partial charge is 0.360 e. The Labute approximate surface area is 107 Å². The molecule has 3 nitrogen and oxygen atoms in total. The highest BCUT2D eigenvalue weighted by Crippen LogP contribution is 2.20. The van der Waals surface area contributed by atoms with Crippen molar-refractivity contribution in [3.8, 4) is 0 Å². The van der Waals surface area contributed by atoms with Crippen molar-refractivity contribution in [3.63, 3.8) is 0 Å². The lowest BCUT2D eigenvalue weighted by Gasteiger charge is -2.05. The molecule has 0 saturated carbocycles. The summed E-state index contributed by atoms with van der Waals surface area (Å²) in [6, 6.07) is 7.55. The van der Waals surface area contributed by atoms with E-state index in [9.17, 15) is 0 Å². The van der Waals surface area contributed by atoms with E-state index in [-0.39, 0.29) is 0 Å². The molecule has 1 aromatic heterocycles. The Morgan fingerprint density at radius 3 is 2.94 bits per heavy atom. The van der Waals surface area contributed by atoms with Crippen LogP contribution in [-0.4, -0.2) is 5.16 Å². The van der Waals surface area contributed by atoms with Crippen LogP contribution in [0.25, 0.3) is 0 Å². The number of rotatable bonds is 4. The van der Waals surface area contributed by atoms with Gasteiger partial charge in [-0.1, -0.05) is 32.7 Å². The predicted octanol–water partition coefficient (Wildman–Crippen LogP) is 3.38. The maximum atomic E-state index is 5.92. The van der Waals surface area contributed by atoms with Gasteiger partial charge < -0.3 is 9.84 Å². The highest BCUT2D eigenvalue weighted by molar-refractivity contribution is 9.10. The van der Waals surface area contributed by atoms with Crippen LogP contribution in [0.4, 0.5) is 0 Å². The fourth-order valence-electron chi connectivity index (χ4n) is 1.33. The molecule has 0 fully saturated rings. The summed E-state index contributed by atoms with van der Waals surface area (Å²) in [5, 5.41) is 7.62. The van der Waals surface area contributed by atoms with E-state index in [0.29, 0.717) is 6.54 Å². The summed E-state index contributed by atoms with van der Waals surface area (Å²) in [6.07, 6.45) is 1.63. The molecule has 0 spiro atoms. The van der Waals surface area contributed by atoms with Gasteiger partial charge in [0, 0.05) is 22.1 Å². The SMILES string of the molecule is Clc1ccc(Br)c(CNCc2ccno2)c1. The molecule has 0 saturated heterocycles. The van der Waals surface area contributed by atoms with Crippen molar-refractivity contribution in [2.45, 2.75) is 13.1 Å². The predicted molar refractivity (Wildman–Crippen MR) is 66.2 cm³/mol. The first kappa shape index (κ1) is 11.6. The second-order valence-electron chi connectivity index (χ2n) is 3.32. The van der Waals surface area contributed by atoms with Crippen LogP contribution < -0.4 is 5.32 Å². The van der Waals surface area contributed by atoms with Crippen LogP contribution in [-0.2, 0) is 13.1 Å². The average molecular weight is 302 g/mol. The van der Waals surface area contributed by atoms with Gasteiger partial charge in [-0.05, 0) is 23.8 Å². The molecule has 84 valence electrons. The molecule has 1 heterocycles. The van der Waals surface area contributed by atoms with Crippen molar-refractivity contribution in [1.29, 1.82) is 0 Å². The van der Waals surface area contributed by atoms with Crippen LogP contribution in [0.1, 0.15) is 11.3 Å². The summed E-state index contributed by atoms with van der Waals surface area (Å²) >= 11 is 9.39. The minimum atomic E-state index is 0.652. The van der Waals surface area contributed by atoms with Crippen molar-refractivity contribution < 1.29 is 4.52 Å². The van der Waals surface area contributed by atoms with Gasteiger partial charge in [0.2, 0.25) is 0 Å². The summed E-state index contributed by atoms with van der Waals surface area (Å²) in [5.41, 5.74) is 1.12. The average Bonchev–Trinajstić information content (AvgIpc) is 2.76. The highest BCUT2D eigenvalue weighted by atomic mass is 79.9. The maximum absolute atomic E-state index is 5.92. The summed E-state index contributed by atoms with van der Waals surface area (Å²) in [7, 11) is 0. The molecular weight excluding hydrogens is 291 g/mol. The Bertz CT molecular complexity index is 459. The minimum absolute atomic E-state index is 0.652. The van der Waals surface area contributed by atoms with E-state index in [1.807, 2.05) is 24.3 Å². The van der Waals surface area contributed by atoms with E-state index in [1.54, 1.807) is 6.20 Å². The Hall–Kier alpha value is -0.840. The molecule has 1 N–H and O–H groups in total. The molecule has 0 aliphatic carbocycles. The molecule has 16 heavy (non-hydrogen) atoms. The summed E-state index contributed by atoms with van der Waals surface area (Å²) in [5.74, 6) is 0.818. The van der Waals surface area contributed by atoms with Crippen LogP contribution >= 0.6 is 27.5 Å². The van der Waals surface area contributed by atoms with Gasteiger partial charge in [-0.3, -0.25) is 0 Å². The minimum Gasteiger partial charge on any atom is -0.360 e. The maximum Gasteiger partial charge on any atom is 0.150 e. The Morgan fingerprint density at radius 2 is 2.19 bits per heavy atom. The molecule has 1 aromatic carbocycles. The number of halogens is 2. The molecule has 0 amide bonds. The summed E-state index contributed by atoms with van der Waals surface area (Å²) in [4.78, 5) is 0. The van der Waals surface area contributed by atoms with E-state index in [2.05, 4.69) is 26.4 Å². The summed E-state index contributed by atoms with van der Waals surface area (Å²) in [6.45, 7) is 1.38. The molecule has 0 bridgehead atoms. The Morgan fingerprint density at radius 1 is 1.31 bits per heavy atom. The lowest BCUT2D eigenvalue weighted by atomic mass is 10.2. The zero-order valence-electron chi connectivity index (χ0n) is 8.41. The second kappa shape index (κ2) is 5.48. The van der Waals surface area contributed by atoms with Gasteiger partial charge in [0.15, 0.2) is 0 Å². The third-order valence-electron chi connectivity index (χ3n) is 2.11. The van der Waals surface area contributed by atoms with Gasteiger partial charge >= 0.3 is 0 Å². The lowest BCUT2D eigenvalue weighted by molar-refractivity contribution is 0.372. The fourth-order valence-corrected chi connectivity index (χ4v) is 1.91. The smallest absolute Gasteiger partial charge is 0.150 e. The normalized spacial score (nSPS) is 10.6. The van der Waals surface area contributed by atoms with E-state index < -0.39 is 0 Å². The number of benzene rings is 1. The highest BCUT2D eigenvalue weighted by Gasteiger charge is 2.01. The molecule has 5 heteroatoms. The summed E-state index contributed by atoms with van der Waals surface area (Å²) < 4.78 is 6.02. The molecular formula is C11H10BrClN2O. The zero-order valence-corrected chi connectivity index (χ0v) is 10.8. The van der Waals surface area contributed by atoms with Crippen LogP contribution in [0.15, 0.2) is 39.5 Å². The topological polar surface area (TPSA) is 38.1 Å². The number of nitrogens with one attached hydrogen (secondary N) is 1. The standard InChI is InChI=1S/C11H10BrClN2O/c12-11-2-1-9(13)5-8(11)6-14-7-10-3-4-15-16-10/h1-5,14H,6-7H2. The Balaban J connectivity index is 1.92. The third kappa shape index (κ3) is 3.07. The number of nitrogens with zero attached hydrogens (tertiary/aromatic N) is 1. The van der Waals surface area contributed by atoms with Crippen molar-refractivity contribution in [3.05, 3.63) is 51.3 Å². The molecule has 0 aliphatic heterocycles. The van der Waals surface area contributed by atoms with Gasteiger partial charge in [-0.15, -0.1) is 0 Å². The molecule has 0 atom stereocenters. The van der Waals surface area contributed by atoms with Crippen LogP contribution in [0.3, 0.4) is 0 Å². The first-order valence-corrected chi connectivity index (χ1v) is 5.97. The lowest BCUT2D eigenvalue weighted by Crippen LogP contribution is -2.12. The van der Waals surface area contributed by atoms with Gasteiger partial charge in [0.25, 0.3) is 0 Å². The van der Waals surface area contributed by atoms with Crippen LogP contribution in [0, 0.1) is 0 Å². The molecule has 0 unspecified atom stereocenters. The van der Waals surface area contributed by atoms with Crippen molar-refractivity contribution in [2.24, 2.45) is 0 Å². The first-order chi connectivity index (χ1) is 7.75. The number of hydrogen-bond acceptors (Lipinski definition) is 3. The second-order valence-corrected chi connectivity index (χ2v) is 4.61. The van der Waals surface area contributed by atoms with E-state index >= 15 is 0 Å². The van der Waals surface area contributed by atoms with Crippen molar-refractivity contribution in [1.82, 2.24) is 10.5 Å². The van der Waals surface area contributed by atoms with E-state index in [1.165, 1.54) is 0 Å². The van der Waals surface area contributed by atoms with Crippen LogP contribution in [0.2, 0.25) is 5.02 Å². The third-order valence-corrected chi connectivity index (χ3v) is 3.12. The molecule has 2 aromatic rings. The van der Waals surface area contributed by atoms with Gasteiger partial charge in [0.1, 0.15) is 5.76 Å². The van der Waals surface area contributed by atoms with Crippen molar-refractivity contribution >= 4 is 27.5 Å². The molecule has 0 radical (unpaired) electrons. The van der Waals surface area contributed by atoms with Crippen LogP contribution in [0.5, 0.6) is 0 Å².